The van der Waals surface area contributed by atoms with E-state index in [0.29, 0.717) is 13.2 Å². The van der Waals surface area contributed by atoms with Gasteiger partial charge in [0.25, 0.3) is 0 Å². The zero-order valence-electron chi connectivity index (χ0n) is 15.0. The molecule has 0 unspecified atom stereocenters. The van der Waals surface area contributed by atoms with Gasteiger partial charge in [0.1, 0.15) is 6.61 Å². The molecular weight excluding hydrogens is 379 g/mol. The highest BCUT2D eigenvalue weighted by molar-refractivity contribution is 7.09. The molecule has 0 radical (unpaired) electrons. The van der Waals surface area contributed by atoms with E-state index < -0.39 is 0 Å². The lowest BCUT2D eigenvalue weighted by molar-refractivity contribution is 0.271. The van der Waals surface area contributed by atoms with Gasteiger partial charge in [-0.2, -0.15) is 0 Å². The Labute approximate surface area is 167 Å². The first-order chi connectivity index (χ1) is 11.2. The zero-order valence-corrected chi connectivity index (χ0v) is 17.4. The molecule has 1 aromatic heterocycles. The molecule has 4 nitrogen and oxygen atoms in total. The van der Waals surface area contributed by atoms with Gasteiger partial charge in [-0.3, -0.25) is 0 Å². The normalized spacial score (nSPS) is 10.1. The van der Waals surface area contributed by atoms with Crippen molar-refractivity contribution >= 4 is 36.2 Å². The lowest BCUT2D eigenvalue weighted by Gasteiger charge is -2.14. The molecular formula is C18H28Cl2N2O2S. The quantitative estimate of drug-likeness (QED) is 0.598. The van der Waals surface area contributed by atoms with Crippen LogP contribution in [0.3, 0.4) is 0 Å². The molecule has 2 aromatic rings. The van der Waals surface area contributed by atoms with Crippen LogP contribution in [0.15, 0.2) is 35.7 Å². The summed E-state index contributed by atoms with van der Waals surface area (Å²) in [5, 5.41) is 5.50. The molecule has 0 amide bonds. The molecule has 25 heavy (non-hydrogen) atoms. The Balaban J connectivity index is 0.00000288. The summed E-state index contributed by atoms with van der Waals surface area (Å²) in [6.07, 6.45) is 0. The lowest BCUT2D eigenvalue weighted by atomic mass is 10.2. The van der Waals surface area contributed by atoms with Crippen LogP contribution >= 0.6 is 36.2 Å². The van der Waals surface area contributed by atoms with E-state index in [4.69, 9.17) is 9.47 Å². The molecule has 0 fully saturated rings. The van der Waals surface area contributed by atoms with Gasteiger partial charge < -0.3 is 19.7 Å². The molecule has 2 rings (SSSR count). The van der Waals surface area contributed by atoms with Crippen molar-refractivity contribution in [2.75, 3.05) is 33.8 Å². The summed E-state index contributed by atoms with van der Waals surface area (Å²) in [4.78, 5) is 3.38. The number of hydrogen-bond acceptors (Lipinski definition) is 5. The second-order valence-electron chi connectivity index (χ2n) is 5.56. The fraction of sp³-hybridized carbons (Fsp3) is 0.444. The van der Waals surface area contributed by atoms with Crippen LogP contribution in [0.4, 0.5) is 0 Å². The average Bonchev–Trinajstić information content (AvgIpc) is 3.04. The third-order valence-electron chi connectivity index (χ3n) is 3.32. The molecule has 0 saturated carbocycles. The van der Waals surface area contributed by atoms with Crippen LogP contribution in [-0.2, 0) is 13.2 Å². The molecule has 0 aliphatic rings. The van der Waals surface area contributed by atoms with Crippen LogP contribution in [0.1, 0.15) is 17.4 Å². The number of likely N-dealkylation sites (N-methyl/N-ethyl adjacent to an activating group) is 1. The van der Waals surface area contributed by atoms with E-state index in [1.165, 1.54) is 10.4 Å². The summed E-state index contributed by atoms with van der Waals surface area (Å²) in [6.45, 7) is 6.03. The highest BCUT2D eigenvalue weighted by atomic mass is 35.5. The summed E-state index contributed by atoms with van der Waals surface area (Å²) in [7, 11) is 4.16. The number of nitrogens with zero attached hydrogens (tertiary/aromatic N) is 1. The van der Waals surface area contributed by atoms with E-state index in [0.717, 1.165) is 31.1 Å². The van der Waals surface area contributed by atoms with Crippen LogP contribution in [0.25, 0.3) is 0 Å². The number of hydrogen-bond donors (Lipinski definition) is 1. The molecule has 0 bridgehead atoms. The van der Waals surface area contributed by atoms with E-state index in [-0.39, 0.29) is 24.8 Å². The number of ether oxygens (including phenoxy) is 2. The summed E-state index contributed by atoms with van der Waals surface area (Å²) in [5.74, 6) is 1.62. The number of nitrogens with one attached hydrogen (secondary N) is 1. The molecule has 1 N–H and O–H groups in total. The smallest absolute Gasteiger partial charge is 0.161 e. The summed E-state index contributed by atoms with van der Waals surface area (Å²) in [6, 6.07) is 10.3. The predicted molar refractivity (Wildman–Crippen MR) is 111 cm³/mol. The highest BCUT2D eigenvalue weighted by Crippen LogP contribution is 2.29. The van der Waals surface area contributed by atoms with Crippen molar-refractivity contribution in [2.45, 2.75) is 20.1 Å². The molecule has 142 valence electrons. The largest absolute Gasteiger partial charge is 0.490 e. The Kier molecular flexibility index (Phi) is 12.7. The molecule has 0 atom stereocenters. The monoisotopic (exact) mass is 406 g/mol. The van der Waals surface area contributed by atoms with Crippen LogP contribution in [-0.4, -0.2) is 38.7 Å². The van der Waals surface area contributed by atoms with E-state index in [1.54, 1.807) is 11.3 Å². The van der Waals surface area contributed by atoms with Crippen LogP contribution in [0, 0.1) is 0 Å². The topological polar surface area (TPSA) is 33.7 Å². The summed E-state index contributed by atoms with van der Waals surface area (Å²) in [5.41, 5.74) is 1.20. The van der Waals surface area contributed by atoms with E-state index >= 15 is 0 Å². The Morgan fingerprint density at radius 1 is 1.08 bits per heavy atom. The summed E-state index contributed by atoms with van der Waals surface area (Å²) < 4.78 is 11.6. The molecule has 1 aromatic carbocycles. The van der Waals surface area contributed by atoms with Gasteiger partial charge >= 0.3 is 0 Å². The first-order valence-corrected chi connectivity index (χ1v) is 8.83. The first kappa shape index (κ1) is 24.0. The molecule has 0 spiro atoms. The maximum absolute atomic E-state index is 5.90. The second-order valence-corrected chi connectivity index (χ2v) is 6.59. The predicted octanol–water partition coefficient (Wildman–Crippen LogP) is 4.22. The number of rotatable bonds is 10. The Bertz CT molecular complexity index is 580. The first-order valence-electron chi connectivity index (χ1n) is 7.95. The third kappa shape index (κ3) is 8.79. The fourth-order valence-corrected chi connectivity index (χ4v) is 2.74. The Morgan fingerprint density at radius 2 is 1.88 bits per heavy atom. The van der Waals surface area contributed by atoms with Gasteiger partial charge in [0.05, 0.1) is 6.61 Å². The van der Waals surface area contributed by atoms with Gasteiger partial charge in [-0.05, 0) is 50.2 Å². The molecule has 7 heteroatoms. The van der Waals surface area contributed by atoms with Crippen molar-refractivity contribution in [3.8, 4) is 11.5 Å². The van der Waals surface area contributed by atoms with Crippen molar-refractivity contribution in [1.82, 2.24) is 10.2 Å². The van der Waals surface area contributed by atoms with Crippen molar-refractivity contribution in [1.29, 1.82) is 0 Å². The van der Waals surface area contributed by atoms with Gasteiger partial charge in [-0.15, -0.1) is 36.2 Å². The van der Waals surface area contributed by atoms with Gasteiger partial charge in [-0.1, -0.05) is 12.1 Å². The maximum atomic E-state index is 5.90. The van der Waals surface area contributed by atoms with Crippen LogP contribution in [0.2, 0.25) is 0 Å². The second kappa shape index (κ2) is 13.3. The minimum absolute atomic E-state index is 0. The van der Waals surface area contributed by atoms with Crippen molar-refractivity contribution in [3.63, 3.8) is 0 Å². The van der Waals surface area contributed by atoms with Gasteiger partial charge in [0, 0.05) is 24.5 Å². The SMILES string of the molecule is CCOc1cc(CNCCN(C)C)ccc1OCc1cccs1.Cl.Cl. The van der Waals surface area contributed by atoms with Crippen molar-refractivity contribution < 1.29 is 9.47 Å². The lowest BCUT2D eigenvalue weighted by Crippen LogP contribution is -2.26. The number of benzene rings is 1. The number of thiophene rings is 1. The minimum atomic E-state index is 0. The highest BCUT2D eigenvalue weighted by Gasteiger charge is 2.07. The van der Waals surface area contributed by atoms with Gasteiger partial charge in [0.2, 0.25) is 0 Å². The zero-order chi connectivity index (χ0) is 16.5. The standard InChI is InChI=1S/C18H26N2O2S.2ClH/c1-4-21-18-12-15(13-19-9-10-20(2)3)7-8-17(18)22-14-16-6-5-11-23-16;;/h5-8,11-12,19H,4,9-10,13-14H2,1-3H3;2*1H. The van der Waals surface area contributed by atoms with Crippen molar-refractivity contribution in [2.24, 2.45) is 0 Å². The molecule has 1 heterocycles. The van der Waals surface area contributed by atoms with E-state index in [2.05, 4.69) is 47.9 Å². The molecule has 0 aliphatic heterocycles. The van der Waals surface area contributed by atoms with Crippen LogP contribution < -0.4 is 14.8 Å². The van der Waals surface area contributed by atoms with E-state index in [9.17, 15) is 0 Å². The Morgan fingerprint density at radius 3 is 2.52 bits per heavy atom. The fourth-order valence-electron chi connectivity index (χ4n) is 2.13. The Hall–Kier alpha value is -0.980. The molecule has 0 aliphatic carbocycles. The molecule has 0 saturated heterocycles. The van der Waals surface area contributed by atoms with Gasteiger partial charge in [-0.25, -0.2) is 0 Å². The average molecular weight is 407 g/mol. The van der Waals surface area contributed by atoms with Crippen LogP contribution in [0.5, 0.6) is 11.5 Å². The van der Waals surface area contributed by atoms with Gasteiger partial charge in [0.15, 0.2) is 11.5 Å². The van der Waals surface area contributed by atoms with E-state index in [1.807, 2.05) is 19.1 Å². The van der Waals surface area contributed by atoms with Crippen molar-refractivity contribution in [3.05, 3.63) is 46.2 Å². The third-order valence-corrected chi connectivity index (χ3v) is 4.17. The maximum Gasteiger partial charge on any atom is 0.161 e. The number of halogens is 2. The summed E-state index contributed by atoms with van der Waals surface area (Å²) >= 11 is 1.70. The minimum Gasteiger partial charge on any atom is -0.490 e.